The van der Waals surface area contributed by atoms with E-state index in [-0.39, 0.29) is 18.0 Å². The summed E-state index contributed by atoms with van der Waals surface area (Å²) in [5, 5.41) is 5.65. The third kappa shape index (κ3) is 4.71. The van der Waals surface area contributed by atoms with Crippen molar-refractivity contribution in [2.24, 2.45) is 0 Å². The number of carbonyl (C=O) groups excluding carboxylic acids is 1. The minimum absolute atomic E-state index is 0.0113. The largest absolute Gasteiger partial charge is 0.488 e. The zero-order valence-corrected chi connectivity index (χ0v) is 16.2. The monoisotopic (exact) mass is 424 g/mol. The maximum Gasteiger partial charge on any atom is 0.417 e. The standard InChI is InChI=1S/C20H16ClF3N2O3/c1-11-5-3-4-6-17(11)28-10-14-12(2)29-26-18(14)19(27)25-13-7-8-16(21)15(9-13)20(22,23)24/h3-9H,10H2,1-2H3,(H,25,27). The van der Waals surface area contributed by atoms with Crippen molar-refractivity contribution in [2.45, 2.75) is 26.6 Å². The molecule has 5 nitrogen and oxygen atoms in total. The number of ether oxygens (including phenoxy) is 1. The average Bonchev–Trinajstić information content (AvgIpc) is 3.02. The van der Waals surface area contributed by atoms with Crippen LogP contribution >= 0.6 is 11.6 Å². The Kier molecular flexibility index (Phi) is 5.83. The number of hydrogen-bond donors (Lipinski definition) is 1. The second-order valence-electron chi connectivity index (χ2n) is 6.27. The van der Waals surface area contributed by atoms with Gasteiger partial charge in [-0.15, -0.1) is 0 Å². The number of nitrogens with zero attached hydrogens (tertiary/aromatic N) is 1. The van der Waals surface area contributed by atoms with Crippen LogP contribution < -0.4 is 10.1 Å². The van der Waals surface area contributed by atoms with Gasteiger partial charge in [0.25, 0.3) is 5.91 Å². The number of hydrogen-bond acceptors (Lipinski definition) is 4. The Balaban J connectivity index is 1.80. The van der Waals surface area contributed by atoms with Crippen molar-refractivity contribution in [3.63, 3.8) is 0 Å². The summed E-state index contributed by atoms with van der Waals surface area (Å²) in [7, 11) is 0. The second kappa shape index (κ2) is 8.16. The Hall–Kier alpha value is -3.00. The van der Waals surface area contributed by atoms with Gasteiger partial charge in [0.1, 0.15) is 18.1 Å². The summed E-state index contributed by atoms with van der Waals surface area (Å²) in [6.45, 7) is 3.50. The molecule has 0 spiro atoms. The van der Waals surface area contributed by atoms with Crippen LogP contribution in [-0.4, -0.2) is 11.1 Å². The van der Waals surface area contributed by atoms with E-state index < -0.39 is 22.7 Å². The molecule has 29 heavy (non-hydrogen) atoms. The van der Waals surface area contributed by atoms with Crippen LogP contribution in [0, 0.1) is 13.8 Å². The van der Waals surface area contributed by atoms with Crippen LogP contribution in [0.4, 0.5) is 18.9 Å². The molecule has 152 valence electrons. The number of aromatic nitrogens is 1. The molecule has 1 aromatic heterocycles. The number of amides is 1. The van der Waals surface area contributed by atoms with Gasteiger partial charge < -0.3 is 14.6 Å². The zero-order valence-electron chi connectivity index (χ0n) is 15.4. The molecule has 0 aliphatic carbocycles. The van der Waals surface area contributed by atoms with Crippen molar-refractivity contribution >= 4 is 23.2 Å². The number of anilines is 1. The van der Waals surface area contributed by atoms with Gasteiger partial charge in [-0.1, -0.05) is 35.0 Å². The van der Waals surface area contributed by atoms with Crippen molar-refractivity contribution < 1.29 is 27.2 Å². The normalized spacial score (nSPS) is 11.4. The maximum absolute atomic E-state index is 13.0. The molecule has 0 aliphatic rings. The molecule has 0 bridgehead atoms. The lowest BCUT2D eigenvalue weighted by Crippen LogP contribution is -2.16. The molecule has 1 heterocycles. The molecule has 0 saturated heterocycles. The lowest BCUT2D eigenvalue weighted by Gasteiger charge is -2.12. The highest BCUT2D eigenvalue weighted by Crippen LogP contribution is 2.36. The Bertz CT molecular complexity index is 1050. The molecule has 0 aliphatic heterocycles. The van der Waals surface area contributed by atoms with Crippen molar-refractivity contribution in [1.29, 1.82) is 0 Å². The Morgan fingerprint density at radius 2 is 1.93 bits per heavy atom. The highest BCUT2D eigenvalue weighted by Gasteiger charge is 2.33. The molecule has 0 fully saturated rings. The van der Waals surface area contributed by atoms with Gasteiger partial charge in [-0.25, -0.2) is 0 Å². The Morgan fingerprint density at radius 1 is 1.21 bits per heavy atom. The summed E-state index contributed by atoms with van der Waals surface area (Å²) in [6.07, 6.45) is -4.64. The van der Waals surface area contributed by atoms with E-state index in [4.69, 9.17) is 20.9 Å². The van der Waals surface area contributed by atoms with Gasteiger partial charge in [0.2, 0.25) is 0 Å². The highest BCUT2D eigenvalue weighted by molar-refractivity contribution is 6.31. The molecule has 0 atom stereocenters. The van der Waals surface area contributed by atoms with Gasteiger partial charge in [0.05, 0.1) is 16.1 Å². The number of halogens is 4. The van der Waals surface area contributed by atoms with Gasteiger partial charge in [0.15, 0.2) is 5.69 Å². The van der Waals surface area contributed by atoms with E-state index in [2.05, 4.69) is 10.5 Å². The van der Waals surface area contributed by atoms with Gasteiger partial charge >= 0.3 is 6.18 Å². The SMILES string of the molecule is Cc1ccccc1OCc1c(C(=O)Nc2ccc(Cl)c(C(F)(F)F)c2)noc1C. The minimum atomic E-state index is -4.64. The third-order valence-electron chi connectivity index (χ3n) is 4.19. The number of benzene rings is 2. The Morgan fingerprint density at radius 3 is 2.62 bits per heavy atom. The van der Waals surface area contributed by atoms with E-state index in [1.54, 1.807) is 13.0 Å². The first-order valence-corrected chi connectivity index (χ1v) is 8.86. The highest BCUT2D eigenvalue weighted by atomic mass is 35.5. The zero-order chi connectivity index (χ0) is 21.2. The van der Waals surface area contributed by atoms with E-state index in [1.807, 2.05) is 25.1 Å². The number of rotatable bonds is 5. The smallest absolute Gasteiger partial charge is 0.417 e. The molecule has 0 saturated carbocycles. The van der Waals surface area contributed by atoms with E-state index >= 15 is 0 Å². The molecule has 3 rings (SSSR count). The van der Waals surface area contributed by atoms with Crippen LogP contribution in [0.5, 0.6) is 5.75 Å². The van der Waals surface area contributed by atoms with E-state index in [0.717, 1.165) is 17.7 Å². The van der Waals surface area contributed by atoms with Crippen molar-refractivity contribution in [3.05, 3.63) is 75.6 Å². The fourth-order valence-corrected chi connectivity index (χ4v) is 2.84. The molecule has 3 aromatic rings. The summed E-state index contributed by atoms with van der Waals surface area (Å²) >= 11 is 5.60. The molecule has 2 aromatic carbocycles. The predicted molar refractivity (Wildman–Crippen MR) is 101 cm³/mol. The maximum atomic E-state index is 13.0. The predicted octanol–water partition coefficient (Wildman–Crippen LogP) is 5.79. The average molecular weight is 425 g/mol. The van der Waals surface area contributed by atoms with Gasteiger partial charge in [-0.3, -0.25) is 4.79 Å². The van der Waals surface area contributed by atoms with Gasteiger partial charge in [-0.2, -0.15) is 13.2 Å². The molecular weight excluding hydrogens is 409 g/mol. The van der Waals surface area contributed by atoms with Gasteiger partial charge in [0, 0.05) is 5.69 Å². The minimum Gasteiger partial charge on any atom is -0.488 e. The van der Waals surface area contributed by atoms with Crippen LogP contribution in [-0.2, 0) is 12.8 Å². The third-order valence-corrected chi connectivity index (χ3v) is 4.52. The number of para-hydroxylation sites is 1. The van der Waals surface area contributed by atoms with Crippen molar-refractivity contribution in [1.82, 2.24) is 5.16 Å². The van der Waals surface area contributed by atoms with Gasteiger partial charge in [-0.05, 0) is 43.7 Å². The summed E-state index contributed by atoms with van der Waals surface area (Å²) in [4.78, 5) is 12.6. The first kappa shape index (κ1) is 20.7. The van der Waals surface area contributed by atoms with E-state index in [1.165, 1.54) is 6.07 Å². The summed E-state index contributed by atoms with van der Waals surface area (Å²) in [5.41, 5.74) is 0.123. The summed E-state index contributed by atoms with van der Waals surface area (Å²) in [6, 6.07) is 10.4. The summed E-state index contributed by atoms with van der Waals surface area (Å²) < 4.78 is 49.8. The lowest BCUT2D eigenvalue weighted by atomic mass is 10.1. The molecular formula is C20H16ClF3N2O3. The van der Waals surface area contributed by atoms with E-state index in [0.29, 0.717) is 17.1 Å². The number of alkyl halides is 3. The number of aryl methyl sites for hydroxylation is 2. The first-order valence-electron chi connectivity index (χ1n) is 8.48. The number of nitrogens with one attached hydrogen (secondary N) is 1. The second-order valence-corrected chi connectivity index (χ2v) is 6.67. The quantitative estimate of drug-likeness (QED) is 0.562. The Labute approximate surface area is 169 Å². The van der Waals surface area contributed by atoms with Crippen LogP contribution in [0.15, 0.2) is 47.0 Å². The molecule has 1 N–H and O–H groups in total. The molecule has 9 heteroatoms. The summed E-state index contributed by atoms with van der Waals surface area (Å²) in [5.74, 6) is 0.281. The topological polar surface area (TPSA) is 64.4 Å². The molecule has 1 amide bonds. The fourth-order valence-electron chi connectivity index (χ4n) is 2.62. The van der Waals surface area contributed by atoms with Crippen molar-refractivity contribution in [3.8, 4) is 5.75 Å². The fraction of sp³-hybridized carbons (Fsp3) is 0.200. The molecule has 0 unspecified atom stereocenters. The first-order chi connectivity index (χ1) is 13.7. The van der Waals surface area contributed by atoms with Crippen LogP contribution in [0.25, 0.3) is 0 Å². The van der Waals surface area contributed by atoms with Crippen LogP contribution in [0.1, 0.15) is 32.9 Å². The van der Waals surface area contributed by atoms with Crippen LogP contribution in [0.3, 0.4) is 0 Å². The molecule has 0 radical (unpaired) electrons. The van der Waals surface area contributed by atoms with Crippen molar-refractivity contribution in [2.75, 3.05) is 5.32 Å². The lowest BCUT2D eigenvalue weighted by molar-refractivity contribution is -0.137. The number of carbonyl (C=O) groups is 1. The van der Waals surface area contributed by atoms with Crippen LogP contribution in [0.2, 0.25) is 5.02 Å². The van der Waals surface area contributed by atoms with E-state index in [9.17, 15) is 18.0 Å².